The first-order valence-electron chi connectivity index (χ1n) is 22.6. The second-order valence-corrected chi connectivity index (χ2v) is 19.4. The largest absolute Gasteiger partial charge is 0.464 e. The minimum absolute atomic E-state index is 0.0648. The third-order valence-corrected chi connectivity index (χ3v) is 13.6. The number of ether oxygens (including phenoxy) is 2. The van der Waals surface area contributed by atoms with Gasteiger partial charge in [-0.1, -0.05) is 40.3 Å². The first-order valence-corrected chi connectivity index (χ1v) is 23.5. The Bertz CT molecular complexity index is 2450. The van der Waals surface area contributed by atoms with Crippen molar-refractivity contribution in [3.8, 4) is 22.5 Å². The summed E-state index contributed by atoms with van der Waals surface area (Å²) in [4.78, 5) is 83.6. The summed E-state index contributed by atoms with van der Waals surface area (Å²) in [6, 6.07) is 7.14. The van der Waals surface area contributed by atoms with Crippen LogP contribution in [0.3, 0.4) is 0 Å². The molecule has 2 saturated heterocycles. The Morgan fingerprint density at radius 2 is 1.89 bits per heavy atom. The average molecular weight is 910 g/mol. The van der Waals surface area contributed by atoms with Gasteiger partial charge >= 0.3 is 12.0 Å². The number of amides is 5. The lowest BCUT2D eigenvalue weighted by molar-refractivity contribution is -0.155. The molecule has 0 unspecified atom stereocenters. The molecule has 4 atom stereocenters. The predicted octanol–water partition coefficient (Wildman–Crippen LogP) is 5.96. The van der Waals surface area contributed by atoms with E-state index >= 15 is 0 Å². The molecular formula is C48H63N9O7S. The molecule has 3 aliphatic rings. The van der Waals surface area contributed by atoms with Crippen molar-refractivity contribution in [2.75, 3.05) is 47.1 Å². The van der Waals surface area contributed by atoms with Crippen molar-refractivity contribution in [1.29, 1.82) is 0 Å². The van der Waals surface area contributed by atoms with Gasteiger partial charge in [0, 0.05) is 85.8 Å². The van der Waals surface area contributed by atoms with Crippen LogP contribution in [0.1, 0.15) is 83.2 Å². The van der Waals surface area contributed by atoms with Gasteiger partial charge in [0.1, 0.15) is 18.1 Å². The van der Waals surface area contributed by atoms with Gasteiger partial charge in [-0.05, 0) is 81.4 Å². The first kappa shape index (κ1) is 47.3. The van der Waals surface area contributed by atoms with Crippen molar-refractivity contribution in [3.63, 3.8) is 0 Å². The summed E-state index contributed by atoms with van der Waals surface area (Å²) in [5.74, 6) is -2.02. The van der Waals surface area contributed by atoms with Crippen LogP contribution >= 0.6 is 11.3 Å². The van der Waals surface area contributed by atoms with E-state index in [1.165, 1.54) is 27.3 Å². The number of urea groups is 1. The molecular weight excluding hydrogens is 847 g/mol. The molecule has 0 saturated carbocycles. The van der Waals surface area contributed by atoms with E-state index in [0.717, 1.165) is 44.7 Å². The molecule has 1 aromatic carbocycles. The molecule has 5 amide bonds. The molecule has 6 bridgehead atoms. The third kappa shape index (κ3) is 9.97. The standard InChI is InChI=1S/C48H63N9O7S/c1-10-40(58)54-20-14-21-55(28-54)47(62)53(8)42(29(3)4)44(59)51-36-24-39-50-37(26-65-39)31-17-18-38-33(23-31)34(43(56(38)11-2)32-15-12-19-49-41(32)30(5)63-9)25-48(6,7)27-64-46(61)35-16-13-22-57(52-35)45(36)60/h10,12,15,17-19,23,26,29-30,35-36,42,52H,1,11,13-14,16,20-22,24-25,27-28H2,2-9H3,(H,51,59)/t30-,35-,36-,42-/m0/s1. The quantitative estimate of drug-likeness (QED) is 0.151. The van der Waals surface area contributed by atoms with Gasteiger partial charge in [-0.2, -0.15) is 0 Å². The Balaban J connectivity index is 1.27. The van der Waals surface area contributed by atoms with E-state index in [1.54, 1.807) is 30.2 Å². The first-order chi connectivity index (χ1) is 31.0. The van der Waals surface area contributed by atoms with Crippen LogP contribution in [0.2, 0.25) is 0 Å². The number of benzene rings is 1. The molecule has 348 valence electrons. The molecule has 0 radical (unpaired) electrons. The molecule has 17 heteroatoms. The topological polar surface area (TPSA) is 172 Å². The van der Waals surface area contributed by atoms with Gasteiger partial charge in [0.2, 0.25) is 11.8 Å². The molecule has 65 heavy (non-hydrogen) atoms. The number of carbonyl (C=O) groups is 5. The lowest BCUT2D eigenvalue weighted by atomic mass is 9.84. The molecule has 6 heterocycles. The van der Waals surface area contributed by atoms with E-state index in [1.807, 2.05) is 32.2 Å². The summed E-state index contributed by atoms with van der Waals surface area (Å²) in [5, 5.41) is 8.06. The van der Waals surface area contributed by atoms with Crippen LogP contribution < -0.4 is 10.7 Å². The number of fused-ring (bicyclic) bond motifs is 6. The van der Waals surface area contributed by atoms with Crippen molar-refractivity contribution >= 4 is 52.0 Å². The smallest absolute Gasteiger partial charge is 0.324 e. The van der Waals surface area contributed by atoms with Crippen LogP contribution in [0.25, 0.3) is 33.4 Å². The fourth-order valence-electron chi connectivity index (χ4n) is 9.35. The van der Waals surface area contributed by atoms with Crippen LogP contribution in [0.15, 0.2) is 54.6 Å². The number of pyridine rings is 1. The Kier molecular flexibility index (Phi) is 14.4. The number of hydrazine groups is 1. The lowest BCUT2D eigenvalue weighted by Gasteiger charge is -2.40. The van der Waals surface area contributed by atoms with Gasteiger partial charge in [0.15, 0.2) is 0 Å². The number of methoxy groups -OCH3 is 1. The Morgan fingerprint density at radius 3 is 2.62 bits per heavy atom. The summed E-state index contributed by atoms with van der Waals surface area (Å²) in [6.07, 6.45) is 4.97. The van der Waals surface area contributed by atoms with E-state index in [2.05, 4.69) is 66.9 Å². The highest BCUT2D eigenvalue weighted by atomic mass is 32.1. The summed E-state index contributed by atoms with van der Waals surface area (Å²) < 4.78 is 14.2. The highest BCUT2D eigenvalue weighted by Crippen LogP contribution is 2.42. The maximum absolute atomic E-state index is 14.6. The molecule has 4 aromatic rings. The SMILES string of the molecule is C=CC(=O)N1CCCN(C(=O)N(C)[C@H](C(=O)N[C@H]2Cc3nc(cs3)-c3ccc4c(c3)c(c(-c3cccnc3[C@H](C)OC)n4CC)CC(C)(C)COC(=O)[C@@H]3CCCN(N3)C2=O)C(C)C)C1. The molecule has 3 aliphatic heterocycles. The van der Waals surface area contributed by atoms with Crippen molar-refractivity contribution < 1.29 is 33.4 Å². The maximum atomic E-state index is 14.6. The fourth-order valence-corrected chi connectivity index (χ4v) is 10.2. The van der Waals surface area contributed by atoms with Crippen LogP contribution in [0, 0.1) is 11.3 Å². The Morgan fingerprint density at radius 1 is 1.12 bits per heavy atom. The normalized spacial score (nSPS) is 20.2. The van der Waals surface area contributed by atoms with Gasteiger partial charge < -0.3 is 34.1 Å². The van der Waals surface area contributed by atoms with Gasteiger partial charge in [0.05, 0.1) is 41.5 Å². The van der Waals surface area contributed by atoms with Crippen molar-refractivity contribution in [1.82, 2.24) is 45.0 Å². The van der Waals surface area contributed by atoms with E-state index in [4.69, 9.17) is 19.4 Å². The average Bonchev–Trinajstić information content (AvgIpc) is 3.90. The van der Waals surface area contributed by atoms with E-state index in [9.17, 15) is 24.0 Å². The zero-order valence-corrected chi connectivity index (χ0v) is 39.7. The highest BCUT2D eigenvalue weighted by Gasteiger charge is 2.39. The molecule has 7 rings (SSSR count). The number of hydrogen-bond donors (Lipinski definition) is 2. The zero-order chi connectivity index (χ0) is 46.7. The molecule has 16 nitrogen and oxygen atoms in total. The Labute approximate surface area is 385 Å². The van der Waals surface area contributed by atoms with Crippen LogP contribution in [0.5, 0.6) is 0 Å². The zero-order valence-electron chi connectivity index (χ0n) is 38.9. The van der Waals surface area contributed by atoms with E-state index < -0.39 is 47.4 Å². The number of aromatic nitrogens is 3. The second kappa shape index (κ2) is 19.8. The summed E-state index contributed by atoms with van der Waals surface area (Å²) in [6.45, 7) is 17.7. The number of nitrogens with zero attached hydrogens (tertiary/aromatic N) is 7. The van der Waals surface area contributed by atoms with Crippen LogP contribution in [-0.4, -0.2) is 129 Å². The van der Waals surface area contributed by atoms with Crippen LogP contribution in [-0.2, 0) is 48.0 Å². The number of nitrogens with one attached hydrogen (secondary N) is 2. The monoisotopic (exact) mass is 909 g/mol. The van der Waals surface area contributed by atoms with Crippen molar-refractivity contribution in [2.45, 2.75) is 104 Å². The number of thiazole rings is 1. The van der Waals surface area contributed by atoms with Gasteiger partial charge in [-0.25, -0.2) is 15.2 Å². The number of likely N-dealkylation sites (N-methyl/N-ethyl adjacent to an activating group) is 1. The number of rotatable bonds is 9. The lowest BCUT2D eigenvalue weighted by Crippen LogP contribution is -2.63. The maximum Gasteiger partial charge on any atom is 0.324 e. The van der Waals surface area contributed by atoms with E-state index in [0.29, 0.717) is 56.9 Å². The van der Waals surface area contributed by atoms with Crippen molar-refractivity contribution in [2.24, 2.45) is 11.3 Å². The van der Waals surface area contributed by atoms with E-state index in [-0.39, 0.29) is 37.6 Å². The van der Waals surface area contributed by atoms with Crippen LogP contribution in [0.4, 0.5) is 4.79 Å². The van der Waals surface area contributed by atoms with Gasteiger partial charge in [-0.3, -0.25) is 29.2 Å². The minimum atomic E-state index is -1.10. The predicted molar refractivity (Wildman–Crippen MR) is 249 cm³/mol. The number of esters is 1. The number of aryl methyl sites for hydroxylation is 1. The minimum Gasteiger partial charge on any atom is -0.464 e. The molecule has 3 aromatic heterocycles. The third-order valence-electron chi connectivity index (χ3n) is 12.7. The summed E-state index contributed by atoms with van der Waals surface area (Å²) in [7, 11) is 3.25. The fraction of sp³-hybridized carbons (Fsp3) is 0.521. The number of carbonyl (C=O) groups excluding carboxylic acids is 5. The molecule has 2 fully saturated rings. The summed E-state index contributed by atoms with van der Waals surface area (Å²) >= 11 is 1.40. The Hall–Kier alpha value is -5.65. The second-order valence-electron chi connectivity index (χ2n) is 18.4. The number of hydrogen-bond acceptors (Lipinski definition) is 11. The van der Waals surface area contributed by atoms with Gasteiger partial charge in [-0.15, -0.1) is 11.3 Å². The molecule has 0 spiro atoms. The van der Waals surface area contributed by atoms with Gasteiger partial charge in [0.25, 0.3) is 5.91 Å². The molecule has 0 aliphatic carbocycles. The molecule has 2 N–H and O–H groups in total. The summed E-state index contributed by atoms with van der Waals surface area (Å²) in [5.41, 5.74) is 9.22. The highest BCUT2D eigenvalue weighted by molar-refractivity contribution is 7.10. The number of cyclic esters (lactones) is 1. The van der Waals surface area contributed by atoms with Crippen molar-refractivity contribution in [3.05, 3.63) is 70.8 Å².